The Labute approximate surface area is 116 Å². The number of alkyl halides is 2. The van der Waals surface area contributed by atoms with Gasteiger partial charge in [-0.3, -0.25) is 5.01 Å². The summed E-state index contributed by atoms with van der Waals surface area (Å²) in [5.41, 5.74) is 8.69. The molecule has 1 unspecified atom stereocenters. The summed E-state index contributed by atoms with van der Waals surface area (Å²) in [4.78, 5) is 0. The molecule has 7 heteroatoms. The number of hydrogen-bond acceptors (Lipinski definition) is 4. The number of nitrogens with one attached hydrogen (secondary N) is 2. The Kier molecular flexibility index (Phi) is 3.20. The molecule has 1 aromatic carbocycles. The van der Waals surface area contributed by atoms with Gasteiger partial charge >= 0.3 is 5.85 Å². The van der Waals surface area contributed by atoms with Gasteiger partial charge in [0.25, 0.3) is 0 Å². The summed E-state index contributed by atoms with van der Waals surface area (Å²) < 4.78 is 29.9. The zero-order valence-electron chi connectivity index (χ0n) is 10.3. The second-order valence-electron chi connectivity index (χ2n) is 4.30. The Morgan fingerprint density at radius 2 is 1.95 bits per heavy atom. The molecule has 4 nitrogen and oxygen atoms in total. The van der Waals surface area contributed by atoms with E-state index in [1.807, 2.05) is 29.6 Å². The summed E-state index contributed by atoms with van der Waals surface area (Å²) in [6, 6.07) is 6.53. The molecular weight excluding hydrogens is 283 g/mol. The van der Waals surface area contributed by atoms with E-state index < -0.39 is 5.85 Å². The van der Waals surface area contributed by atoms with Gasteiger partial charge in [0.15, 0.2) is 0 Å². The van der Waals surface area contributed by atoms with E-state index in [4.69, 9.17) is 0 Å². The average Bonchev–Trinajstić information content (AvgIpc) is 2.85. The molecule has 104 valence electrons. The van der Waals surface area contributed by atoms with Crippen LogP contribution in [0.25, 0.3) is 5.57 Å². The molecule has 3 rings (SSSR count). The summed E-state index contributed by atoms with van der Waals surface area (Å²) in [7, 11) is 1.35. The smallest absolute Gasteiger partial charge is 0.408 e. The van der Waals surface area contributed by atoms with E-state index in [1.165, 1.54) is 21.4 Å². The lowest BCUT2D eigenvalue weighted by molar-refractivity contribution is -0.0892. The van der Waals surface area contributed by atoms with Gasteiger partial charge in [-0.1, -0.05) is 12.1 Å². The fourth-order valence-electron chi connectivity index (χ4n) is 1.96. The molecule has 0 amide bonds. The van der Waals surface area contributed by atoms with Crippen LogP contribution in [0.2, 0.25) is 0 Å². The van der Waals surface area contributed by atoms with Crippen LogP contribution >= 0.6 is 9.24 Å². The van der Waals surface area contributed by atoms with E-state index in [0.29, 0.717) is 0 Å². The topological polar surface area (TPSA) is 36.5 Å². The van der Waals surface area contributed by atoms with Gasteiger partial charge in [-0.25, -0.2) is 0 Å². The number of halogens is 2. The van der Waals surface area contributed by atoms with Crippen LogP contribution < -0.4 is 15.7 Å². The van der Waals surface area contributed by atoms with Gasteiger partial charge in [-0.15, -0.1) is 5.53 Å². The molecule has 2 aliphatic heterocycles. The zero-order valence-corrected chi connectivity index (χ0v) is 11.5. The summed E-state index contributed by atoms with van der Waals surface area (Å²) in [5, 5.41) is 1.83. The van der Waals surface area contributed by atoms with E-state index in [1.54, 1.807) is 12.1 Å². The Morgan fingerprint density at radius 1 is 1.20 bits per heavy atom. The minimum absolute atomic E-state index is 0.124. The zero-order chi connectivity index (χ0) is 14.2. The van der Waals surface area contributed by atoms with Gasteiger partial charge < -0.3 is 10.2 Å². The van der Waals surface area contributed by atoms with Crippen molar-refractivity contribution in [3.05, 3.63) is 60.1 Å². The van der Waals surface area contributed by atoms with Gasteiger partial charge in [0, 0.05) is 12.4 Å². The first-order valence-electron chi connectivity index (χ1n) is 5.88. The van der Waals surface area contributed by atoms with Crippen molar-refractivity contribution in [1.29, 1.82) is 0 Å². The Bertz CT molecular complexity index is 605. The van der Waals surface area contributed by atoms with E-state index in [0.717, 1.165) is 16.8 Å². The third kappa shape index (κ3) is 2.81. The van der Waals surface area contributed by atoms with Gasteiger partial charge in [0.05, 0.1) is 5.70 Å². The molecule has 2 heterocycles. The Hall–Kier alpha value is -1.91. The number of benzene rings is 1. The minimum atomic E-state index is -3.25. The molecule has 0 aliphatic carbocycles. The number of hydrazine groups is 2. The van der Waals surface area contributed by atoms with E-state index in [2.05, 4.69) is 15.7 Å². The molecule has 0 aromatic heterocycles. The number of allylic oxidation sites excluding steroid dienone is 3. The number of fused-ring (bicyclic) bond motifs is 1. The molecule has 0 saturated carbocycles. The summed E-state index contributed by atoms with van der Waals surface area (Å²) in [6.45, 7) is 0. The molecule has 20 heavy (non-hydrogen) atoms. The molecule has 1 aromatic rings. The molecule has 0 radical (unpaired) electrons. The first-order chi connectivity index (χ1) is 9.51. The molecule has 2 N–H and O–H groups in total. The normalized spacial score (nSPS) is 17.2. The van der Waals surface area contributed by atoms with Crippen LogP contribution in [0.5, 0.6) is 5.75 Å². The van der Waals surface area contributed by atoms with Gasteiger partial charge in [-0.2, -0.15) is 8.78 Å². The van der Waals surface area contributed by atoms with Crippen molar-refractivity contribution in [1.82, 2.24) is 16.0 Å². The highest BCUT2D eigenvalue weighted by Crippen LogP contribution is 2.29. The average molecular weight is 295 g/mol. The van der Waals surface area contributed by atoms with Crippen LogP contribution in [0.4, 0.5) is 8.78 Å². The standard InChI is InChI=1S/C13H12F2N3OP/c14-13(15,20)19-12-3-1-9(2-4-12)10-5-6-18-11(7-10)8-16-17-18/h1-8,16-17H,20H2. The number of nitrogens with zero attached hydrogens (tertiary/aromatic N) is 1. The quantitative estimate of drug-likeness (QED) is 0.840. The second kappa shape index (κ2) is 4.89. The van der Waals surface area contributed by atoms with E-state index in [-0.39, 0.29) is 5.75 Å². The maximum atomic E-state index is 12.7. The van der Waals surface area contributed by atoms with Crippen molar-refractivity contribution in [3.63, 3.8) is 0 Å². The highest BCUT2D eigenvalue weighted by molar-refractivity contribution is 7.17. The molecule has 0 spiro atoms. The molecule has 0 fully saturated rings. The monoisotopic (exact) mass is 295 g/mol. The first kappa shape index (κ1) is 13.1. The van der Waals surface area contributed by atoms with Gasteiger partial charge in [0.1, 0.15) is 5.75 Å². The third-order valence-electron chi connectivity index (χ3n) is 2.83. The highest BCUT2D eigenvalue weighted by atomic mass is 31.0. The minimum Gasteiger partial charge on any atom is -0.430 e. The fourth-order valence-corrected chi connectivity index (χ4v) is 2.09. The lowest BCUT2D eigenvalue weighted by atomic mass is 10.0. The Morgan fingerprint density at radius 3 is 2.65 bits per heavy atom. The molecule has 1 atom stereocenters. The Balaban J connectivity index is 1.80. The third-order valence-corrected chi connectivity index (χ3v) is 2.95. The van der Waals surface area contributed by atoms with Crippen molar-refractivity contribution < 1.29 is 13.5 Å². The van der Waals surface area contributed by atoms with Gasteiger partial charge in [0.2, 0.25) is 0 Å². The summed E-state index contributed by atoms with van der Waals surface area (Å²) >= 11 is 0. The van der Waals surface area contributed by atoms with Crippen LogP contribution in [0.1, 0.15) is 5.56 Å². The SMILES string of the molecule is FC(F)(P)Oc1ccc(C2=CC3=CNNN3C=C2)cc1. The first-order valence-corrected chi connectivity index (χ1v) is 6.46. The fraction of sp³-hybridized carbons (Fsp3) is 0.0769. The number of rotatable bonds is 3. The largest absolute Gasteiger partial charge is 0.430 e. The van der Waals surface area contributed by atoms with Crippen molar-refractivity contribution >= 4 is 14.8 Å². The van der Waals surface area contributed by atoms with E-state index >= 15 is 0 Å². The molecule has 2 aliphatic rings. The van der Waals surface area contributed by atoms with Crippen LogP contribution in [0, 0.1) is 0 Å². The lowest BCUT2D eigenvalue weighted by Crippen LogP contribution is -2.33. The van der Waals surface area contributed by atoms with Crippen LogP contribution in [-0.4, -0.2) is 10.9 Å². The van der Waals surface area contributed by atoms with Crippen LogP contribution in [-0.2, 0) is 0 Å². The predicted octanol–water partition coefficient (Wildman–Crippen LogP) is 2.57. The van der Waals surface area contributed by atoms with Crippen molar-refractivity contribution in [2.45, 2.75) is 5.85 Å². The number of hydrogen-bond donors (Lipinski definition) is 2. The van der Waals surface area contributed by atoms with Crippen LogP contribution in [0.15, 0.2) is 54.5 Å². The summed E-state index contributed by atoms with van der Waals surface area (Å²) in [6.07, 6.45) is 7.61. The van der Waals surface area contributed by atoms with Crippen molar-refractivity contribution in [2.75, 3.05) is 0 Å². The van der Waals surface area contributed by atoms with Crippen molar-refractivity contribution in [2.24, 2.45) is 0 Å². The van der Waals surface area contributed by atoms with Crippen molar-refractivity contribution in [3.8, 4) is 5.75 Å². The lowest BCUT2D eigenvalue weighted by Gasteiger charge is -2.19. The predicted molar refractivity (Wildman–Crippen MR) is 75.0 cm³/mol. The highest BCUT2D eigenvalue weighted by Gasteiger charge is 2.23. The molecule has 0 bridgehead atoms. The molecule has 0 saturated heterocycles. The summed E-state index contributed by atoms with van der Waals surface area (Å²) in [5.74, 6) is -3.13. The number of ether oxygens (including phenoxy) is 1. The molecular formula is C13H12F2N3OP. The second-order valence-corrected chi connectivity index (χ2v) is 4.97. The van der Waals surface area contributed by atoms with E-state index in [9.17, 15) is 8.78 Å². The van der Waals surface area contributed by atoms with Gasteiger partial charge in [-0.05, 0) is 44.7 Å². The maximum absolute atomic E-state index is 12.7. The maximum Gasteiger partial charge on any atom is 0.408 e. The van der Waals surface area contributed by atoms with Crippen LogP contribution in [0.3, 0.4) is 0 Å².